The van der Waals surface area contributed by atoms with Gasteiger partial charge in [-0.1, -0.05) is 23.2 Å². The second kappa shape index (κ2) is 4.48. The predicted octanol–water partition coefficient (Wildman–Crippen LogP) is 3.49. The van der Waals surface area contributed by atoms with E-state index in [1.807, 2.05) is 0 Å². The third kappa shape index (κ3) is 1.88. The van der Waals surface area contributed by atoms with Crippen LogP contribution in [0.3, 0.4) is 0 Å². The molecule has 0 aliphatic rings. The summed E-state index contributed by atoms with van der Waals surface area (Å²) in [7, 11) is 0. The summed E-state index contributed by atoms with van der Waals surface area (Å²) >= 11 is 13.2. The molecule has 8 heteroatoms. The normalized spacial score (nSPS) is 11.1. The number of aromatic nitrogens is 3. The van der Waals surface area contributed by atoms with Crippen molar-refractivity contribution in [2.75, 3.05) is 0 Å². The van der Waals surface area contributed by atoms with Gasteiger partial charge in [-0.25, -0.2) is 4.79 Å². The maximum atomic E-state index is 11.2. The van der Waals surface area contributed by atoms with Gasteiger partial charge in [-0.2, -0.15) is 8.75 Å². The van der Waals surface area contributed by atoms with Crippen LogP contribution in [0.2, 0.25) is 10.0 Å². The summed E-state index contributed by atoms with van der Waals surface area (Å²) in [6.07, 6.45) is 1.61. The maximum absolute atomic E-state index is 11.2. The predicted molar refractivity (Wildman–Crippen MR) is 73.7 cm³/mol. The quantitative estimate of drug-likeness (QED) is 0.786. The van der Waals surface area contributed by atoms with E-state index in [0.717, 1.165) is 11.7 Å². The van der Waals surface area contributed by atoms with Gasteiger partial charge in [-0.15, -0.1) is 0 Å². The number of hydrogen-bond acceptors (Lipinski definition) is 4. The summed E-state index contributed by atoms with van der Waals surface area (Å²) in [5.74, 6) is -1.05. The smallest absolute Gasteiger partial charge is 0.352 e. The Morgan fingerprint density at radius 1 is 1.26 bits per heavy atom. The lowest BCUT2D eigenvalue weighted by Gasteiger charge is -2.09. The van der Waals surface area contributed by atoms with Crippen LogP contribution in [0.1, 0.15) is 10.5 Å². The number of rotatable bonds is 2. The molecule has 1 aromatic carbocycles. The molecule has 19 heavy (non-hydrogen) atoms. The molecule has 0 aliphatic heterocycles. The number of nitrogens with zero attached hydrogens (tertiary/aromatic N) is 3. The Balaban J connectivity index is 2.39. The molecule has 0 unspecified atom stereocenters. The number of fused-ring (bicyclic) bond motifs is 1. The van der Waals surface area contributed by atoms with Crippen LogP contribution in [-0.2, 0) is 0 Å². The molecular formula is C11H5Cl2N3O2S. The highest BCUT2D eigenvalue weighted by molar-refractivity contribution is 7.00. The number of aromatic carboxylic acids is 1. The zero-order valence-corrected chi connectivity index (χ0v) is 11.5. The van der Waals surface area contributed by atoms with E-state index >= 15 is 0 Å². The van der Waals surface area contributed by atoms with Gasteiger partial charge in [0, 0.05) is 6.20 Å². The molecule has 0 fully saturated rings. The first kappa shape index (κ1) is 12.4. The fourth-order valence-electron chi connectivity index (χ4n) is 1.84. The Bertz CT molecular complexity index is 796. The van der Waals surface area contributed by atoms with Crippen LogP contribution < -0.4 is 0 Å². The molecule has 0 saturated carbocycles. The maximum Gasteiger partial charge on any atom is 0.352 e. The molecule has 5 nitrogen and oxygen atoms in total. The summed E-state index contributed by atoms with van der Waals surface area (Å²) in [4.78, 5) is 11.2. The zero-order chi connectivity index (χ0) is 13.6. The lowest BCUT2D eigenvalue weighted by molar-refractivity contribution is 0.0688. The first-order valence-electron chi connectivity index (χ1n) is 5.11. The van der Waals surface area contributed by atoms with Gasteiger partial charge in [0.25, 0.3) is 0 Å². The van der Waals surface area contributed by atoms with Crippen LogP contribution in [0, 0.1) is 0 Å². The average Bonchev–Trinajstić information content (AvgIpc) is 2.96. The SMILES string of the molecule is O=C(O)c1cccn1-c1c(Cl)cc(Cl)c2nsnc12. The fourth-order valence-corrected chi connectivity index (χ4v) is 3.04. The van der Waals surface area contributed by atoms with Crippen molar-refractivity contribution in [3.05, 3.63) is 40.1 Å². The Morgan fingerprint density at radius 2 is 2.00 bits per heavy atom. The molecule has 2 heterocycles. The van der Waals surface area contributed by atoms with E-state index in [4.69, 9.17) is 28.3 Å². The third-order valence-electron chi connectivity index (χ3n) is 2.63. The van der Waals surface area contributed by atoms with E-state index in [2.05, 4.69) is 8.75 Å². The van der Waals surface area contributed by atoms with E-state index in [9.17, 15) is 4.79 Å². The summed E-state index contributed by atoms with van der Waals surface area (Å²) in [6.45, 7) is 0. The van der Waals surface area contributed by atoms with Gasteiger partial charge < -0.3 is 9.67 Å². The van der Waals surface area contributed by atoms with Crippen molar-refractivity contribution in [3.63, 3.8) is 0 Å². The van der Waals surface area contributed by atoms with Gasteiger partial charge in [-0.05, 0) is 18.2 Å². The zero-order valence-electron chi connectivity index (χ0n) is 9.17. The third-order valence-corrected chi connectivity index (χ3v) is 3.73. The van der Waals surface area contributed by atoms with Gasteiger partial charge in [-0.3, -0.25) is 0 Å². The van der Waals surface area contributed by atoms with Gasteiger partial charge >= 0.3 is 5.97 Å². The molecule has 0 bridgehead atoms. The molecule has 0 saturated heterocycles. The molecule has 0 spiro atoms. The van der Waals surface area contributed by atoms with Gasteiger partial charge in [0.2, 0.25) is 0 Å². The van der Waals surface area contributed by atoms with Crippen molar-refractivity contribution >= 4 is 51.9 Å². The molecule has 0 atom stereocenters. The monoisotopic (exact) mass is 313 g/mol. The van der Waals surface area contributed by atoms with Crippen LogP contribution in [0.25, 0.3) is 16.7 Å². The van der Waals surface area contributed by atoms with E-state index in [1.54, 1.807) is 12.3 Å². The van der Waals surface area contributed by atoms with Crippen molar-refractivity contribution in [1.29, 1.82) is 0 Å². The van der Waals surface area contributed by atoms with Crippen molar-refractivity contribution in [2.45, 2.75) is 0 Å². The number of benzene rings is 1. The summed E-state index contributed by atoms with van der Waals surface area (Å²) < 4.78 is 9.69. The molecule has 0 radical (unpaired) electrons. The van der Waals surface area contributed by atoms with E-state index in [1.165, 1.54) is 16.7 Å². The molecule has 2 aromatic heterocycles. The van der Waals surface area contributed by atoms with E-state index < -0.39 is 5.97 Å². The number of carboxylic acids is 1. The molecule has 0 amide bonds. The first-order valence-corrected chi connectivity index (χ1v) is 6.59. The Labute approximate surface area is 121 Å². The van der Waals surface area contributed by atoms with Crippen molar-refractivity contribution in [1.82, 2.24) is 13.3 Å². The van der Waals surface area contributed by atoms with E-state index in [-0.39, 0.29) is 5.69 Å². The Hall–Kier alpha value is -1.63. The largest absolute Gasteiger partial charge is 0.477 e. The minimum Gasteiger partial charge on any atom is -0.477 e. The average molecular weight is 314 g/mol. The molecule has 96 valence electrons. The number of hydrogen-bond donors (Lipinski definition) is 1. The lowest BCUT2D eigenvalue weighted by atomic mass is 10.2. The van der Waals surface area contributed by atoms with Crippen LogP contribution in [0.5, 0.6) is 0 Å². The Kier molecular flexibility index (Phi) is 2.93. The van der Waals surface area contributed by atoms with Gasteiger partial charge in [0.1, 0.15) is 16.7 Å². The highest BCUT2D eigenvalue weighted by Crippen LogP contribution is 2.34. The van der Waals surface area contributed by atoms with Gasteiger partial charge in [0.15, 0.2) is 0 Å². The van der Waals surface area contributed by atoms with Crippen molar-refractivity contribution < 1.29 is 9.90 Å². The van der Waals surface area contributed by atoms with Crippen molar-refractivity contribution in [2.24, 2.45) is 0 Å². The van der Waals surface area contributed by atoms with Crippen LogP contribution in [0.4, 0.5) is 0 Å². The summed E-state index contributed by atoms with van der Waals surface area (Å²) in [5.41, 5.74) is 1.56. The molecule has 3 aromatic rings. The highest BCUT2D eigenvalue weighted by Gasteiger charge is 2.19. The number of halogens is 2. The first-order chi connectivity index (χ1) is 9.09. The minimum absolute atomic E-state index is 0.0959. The fraction of sp³-hybridized carbons (Fsp3) is 0. The molecule has 1 N–H and O–H groups in total. The standard InChI is InChI=1S/C11H5Cl2N3O2S/c12-5-4-6(13)10(9-8(5)14-19-15-9)16-3-1-2-7(16)11(17)18/h1-4H,(H,17,18). The topological polar surface area (TPSA) is 68.0 Å². The van der Waals surface area contributed by atoms with E-state index in [0.29, 0.717) is 26.8 Å². The highest BCUT2D eigenvalue weighted by atomic mass is 35.5. The Morgan fingerprint density at radius 3 is 2.74 bits per heavy atom. The number of carbonyl (C=O) groups is 1. The van der Waals surface area contributed by atoms with Gasteiger partial charge in [0.05, 0.1) is 27.5 Å². The second-order valence-electron chi connectivity index (χ2n) is 3.72. The summed E-state index contributed by atoms with van der Waals surface area (Å²) in [6, 6.07) is 4.65. The molecular weight excluding hydrogens is 309 g/mol. The minimum atomic E-state index is -1.05. The molecule has 3 rings (SSSR count). The number of carboxylic acid groups (broad SMARTS) is 1. The molecule has 0 aliphatic carbocycles. The lowest BCUT2D eigenvalue weighted by Crippen LogP contribution is -2.06. The van der Waals surface area contributed by atoms with Crippen molar-refractivity contribution in [3.8, 4) is 5.69 Å². The summed E-state index contributed by atoms with van der Waals surface area (Å²) in [5, 5.41) is 9.87. The van der Waals surface area contributed by atoms with Crippen LogP contribution in [-0.4, -0.2) is 24.4 Å². The van der Waals surface area contributed by atoms with Crippen LogP contribution in [0.15, 0.2) is 24.4 Å². The van der Waals surface area contributed by atoms with Crippen LogP contribution >= 0.6 is 34.9 Å². The second-order valence-corrected chi connectivity index (χ2v) is 5.06.